The lowest BCUT2D eigenvalue weighted by Gasteiger charge is -2.18. The molecule has 0 aliphatic heterocycles. The Labute approximate surface area is 120 Å². The monoisotopic (exact) mass is 279 g/mol. The Kier molecular flexibility index (Phi) is 5.26. The predicted octanol–water partition coefficient (Wildman–Crippen LogP) is 3.63. The number of amides is 1. The average molecular weight is 280 g/mol. The smallest absolute Gasteiger partial charge is 0.251 e. The number of rotatable bonds is 5. The molecule has 1 saturated carbocycles. The molecule has 1 aliphatic rings. The van der Waals surface area contributed by atoms with E-state index in [2.05, 4.69) is 12.2 Å². The van der Waals surface area contributed by atoms with Crippen LogP contribution in [0, 0.1) is 11.8 Å². The summed E-state index contributed by atoms with van der Waals surface area (Å²) in [6.45, 7) is 2.83. The molecule has 0 radical (unpaired) electrons. The van der Waals surface area contributed by atoms with E-state index in [9.17, 15) is 4.79 Å². The topological polar surface area (TPSA) is 29.1 Å². The van der Waals surface area contributed by atoms with Crippen LogP contribution in [0.1, 0.15) is 42.1 Å². The Balaban J connectivity index is 1.94. The third-order valence-electron chi connectivity index (χ3n) is 4.18. The maximum absolute atomic E-state index is 12.2. The number of hydrogen-bond donors (Lipinski definition) is 1. The van der Waals surface area contributed by atoms with E-state index in [4.69, 9.17) is 11.6 Å². The highest BCUT2D eigenvalue weighted by atomic mass is 35.5. The summed E-state index contributed by atoms with van der Waals surface area (Å²) in [5.41, 5.74) is 1.92. The Hall–Kier alpha value is -1.02. The number of carbonyl (C=O) groups is 1. The maximum atomic E-state index is 12.2. The molecule has 104 valence electrons. The fraction of sp³-hybridized carbons (Fsp3) is 0.562. The second-order valence-electron chi connectivity index (χ2n) is 5.33. The van der Waals surface area contributed by atoms with Crippen LogP contribution in [0.3, 0.4) is 0 Å². The van der Waals surface area contributed by atoms with Crippen LogP contribution in [0.5, 0.6) is 0 Å². The van der Waals surface area contributed by atoms with Crippen LogP contribution >= 0.6 is 11.6 Å². The number of hydrogen-bond acceptors (Lipinski definition) is 1. The molecule has 2 nitrogen and oxygen atoms in total. The molecule has 19 heavy (non-hydrogen) atoms. The van der Waals surface area contributed by atoms with Gasteiger partial charge in [0.05, 0.1) is 0 Å². The van der Waals surface area contributed by atoms with E-state index in [1.807, 2.05) is 24.3 Å². The lowest BCUT2D eigenvalue weighted by Crippen LogP contribution is -2.31. The quantitative estimate of drug-likeness (QED) is 0.820. The normalized spacial score (nSPS) is 22.4. The molecule has 1 amide bonds. The Morgan fingerprint density at radius 1 is 1.32 bits per heavy atom. The lowest BCUT2D eigenvalue weighted by atomic mass is 9.97. The van der Waals surface area contributed by atoms with Gasteiger partial charge in [0.15, 0.2) is 0 Å². The van der Waals surface area contributed by atoms with E-state index in [0.717, 1.165) is 24.1 Å². The minimum Gasteiger partial charge on any atom is -0.352 e. The van der Waals surface area contributed by atoms with Gasteiger partial charge in [0.1, 0.15) is 0 Å². The third-order valence-corrected chi connectivity index (χ3v) is 4.58. The fourth-order valence-electron chi connectivity index (χ4n) is 2.95. The van der Waals surface area contributed by atoms with Crippen molar-refractivity contribution in [3.8, 4) is 0 Å². The van der Waals surface area contributed by atoms with Crippen LogP contribution in [0.15, 0.2) is 24.3 Å². The summed E-state index contributed by atoms with van der Waals surface area (Å²) in [5, 5.41) is 3.08. The Bertz CT molecular complexity index is 433. The van der Waals surface area contributed by atoms with Crippen molar-refractivity contribution in [2.24, 2.45) is 11.8 Å². The molecule has 1 aromatic rings. The molecule has 3 heteroatoms. The Morgan fingerprint density at radius 2 is 2.05 bits per heavy atom. The van der Waals surface area contributed by atoms with E-state index in [-0.39, 0.29) is 5.91 Å². The highest BCUT2D eigenvalue weighted by molar-refractivity contribution is 6.18. The summed E-state index contributed by atoms with van der Waals surface area (Å²) in [7, 11) is 0. The average Bonchev–Trinajstić information content (AvgIpc) is 2.92. The largest absolute Gasteiger partial charge is 0.352 e. The number of nitrogens with one attached hydrogen (secondary N) is 1. The fourth-order valence-corrected chi connectivity index (χ4v) is 3.36. The zero-order valence-corrected chi connectivity index (χ0v) is 12.2. The standard InChI is InChI=1S/C16H22ClNO/c1-2-12-6-3-4-9-15(12)16(19)18-11-14-8-5-7-13(14)10-17/h3-4,6,9,13-14H,2,5,7-8,10-11H2,1H3,(H,18,19). The highest BCUT2D eigenvalue weighted by Gasteiger charge is 2.26. The van der Waals surface area contributed by atoms with Gasteiger partial charge >= 0.3 is 0 Å². The summed E-state index contributed by atoms with van der Waals surface area (Å²) in [4.78, 5) is 12.2. The van der Waals surface area contributed by atoms with Crippen molar-refractivity contribution in [2.45, 2.75) is 32.6 Å². The second kappa shape index (κ2) is 6.95. The highest BCUT2D eigenvalue weighted by Crippen LogP contribution is 2.32. The van der Waals surface area contributed by atoms with Crippen LogP contribution in [-0.2, 0) is 6.42 Å². The van der Waals surface area contributed by atoms with Crippen molar-refractivity contribution in [1.29, 1.82) is 0 Å². The van der Waals surface area contributed by atoms with Crippen molar-refractivity contribution < 1.29 is 4.79 Å². The lowest BCUT2D eigenvalue weighted by molar-refractivity contribution is 0.0944. The van der Waals surface area contributed by atoms with Gasteiger partial charge in [-0.2, -0.15) is 0 Å². The molecule has 1 N–H and O–H groups in total. The first-order valence-electron chi connectivity index (χ1n) is 7.18. The first-order chi connectivity index (χ1) is 9.26. The van der Waals surface area contributed by atoms with Gasteiger partial charge in [0, 0.05) is 18.0 Å². The van der Waals surface area contributed by atoms with Gasteiger partial charge in [-0.1, -0.05) is 31.5 Å². The molecule has 0 saturated heterocycles. The molecule has 0 heterocycles. The van der Waals surface area contributed by atoms with Crippen molar-refractivity contribution in [2.75, 3.05) is 12.4 Å². The van der Waals surface area contributed by atoms with E-state index in [1.54, 1.807) is 0 Å². The van der Waals surface area contributed by atoms with E-state index >= 15 is 0 Å². The van der Waals surface area contributed by atoms with Gasteiger partial charge in [0.2, 0.25) is 0 Å². The zero-order valence-electron chi connectivity index (χ0n) is 11.5. The van der Waals surface area contributed by atoms with Crippen molar-refractivity contribution in [3.05, 3.63) is 35.4 Å². The molecule has 1 aliphatic carbocycles. The van der Waals surface area contributed by atoms with E-state index < -0.39 is 0 Å². The minimum atomic E-state index is 0.0534. The van der Waals surface area contributed by atoms with Crippen molar-refractivity contribution in [3.63, 3.8) is 0 Å². The Morgan fingerprint density at radius 3 is 2.79 bits per heavy atom. The van der Waals surface area contributed by atoms with Gasteiger partial charge in [-0.05, 0) is 42.7 Å². The maximum Gasteiger partial charge on any atom is 0.251 e. The minimum absolute atomic E-state index is 0.0534. The number of aryl methyl sites for hydroxylation is 1. The van der Waals surface area contributed by atoms with Crippen LogP contribution in [0.4, 0.5) is 0 Å². The molecule has 2 atom stereocenters. The molecule has 0 aromatic heterocycles. The second-order valence-corrected chi connectivity index (χ2v) is 5.63. The number of alkyl halides is 1. The van der Waals surface area contributed by atoms with Gasteiger partial charge in [-0.3, -0.25) is 4.79 Å². The molecular formula is C16H22ClNO. The zero-order chi connectivity index (χ0) is 13.7. The van der Waals surface area contributed by atoms with E-state index in [1.165, 1.54) is 19.3 Å². The molecule has 1 fully saturated rings. The summed E-state index contributed by atoms with van der Waals surface area (Å²) >= 11 is 5.97. The number of halogens is 1. The van der Waals surface area contributed by atoms with Crippen LogP contribution in [-0.4, -0.2) is 18.3 Å². The molecule has 1 aromatic carbocycles. The van der Waals surface area contributed by atoms with Gasteiger partial charge in [0.25, 0.3) is 5.91 Å². The van der Waals surface area contributed by atoms with Gasteiger partial charge in [-0.15, -0.1) is 11.6 Å². The van der Waals surface area contributed by atoms with Crippen LogP contribution < -0.4 is 5.32 Å². The van der Waals surface area contributed by atoms with Crippen LogP contribution in [0.25, 0.3) is 0 Å². The molecule has 2 unspecified atom stereocenters. The van der Waals surface area contributed by atoms with Gasteiger partial charge in [-0.25, -0.2) is 0 Å². The van der Waals surface area contributed by atoms with Crippen molar-refractivity contribution in [1.82, 2.24) is 5.32 Å². The van der Waals surface area contributed by atoms with Crippen molar-refractivity contribution >= 4 is 17.5 Å². The SMILES string of the molecule is CCc1ccccc1C(=O)NCC1CCCC1CCl. The molecule has 0 spiro atoms. The predicted molar refractivity (Wildman–Crippen MR) is 79.7 cm³/mol. The molecule has 0 bridgehead atoms. The molecule has 2 rings (SSSR count). The summed E-state index contributed by atoms with van der Waals surface area (Å²) in [6, 6.07) is 7.83. The third kappa shape index (κ3) is 3.50. The van der Waals surface area contributed by atoms with Gasteiger partial charge < -0.3 is 5.32 Å². The van der Waals surface area contributed by atoms with E-state index in [0.29, 0.717) is 17.7 Å². The molecular weight excluding hydrogens is 258 g/mol. The first-order valence-corrected chi connectivity index (χ1v) is 7.71. The summed E-state index contributed by atoms with van der Waals surface area (Å²) in [5.74, 6) is 1.89. The number of benzene rings is 1. The summed E-state index contributed by atoms with van der Waals surface area (Å²) in [6.07, 6.45) is 4.52. The number of carbonyl (C=O) groups excluding carboxylic acids is 1. The van der Waals surface area contributed by atoms with Crippen LogP contribution in [0.2, 0.25) is 0 Å². The summed E-state index contributed by atoms with van der Waals surface area (Å²) < 4.78 is 0. The first kappa shape index (κ1) is 14.4.